The highest BCUT2D eigenvalue weighted by Gasteiger charge is 2.30. The summed E-state index contributed by atoms with van der Waals surface area (Å²) in [6, 6.07) is 0. The van der Waals surface area contributed by atoms with E-state index in [0.29, 0.717) is 4.88 Å². The highest BCUT2D eigenvalue weighted by atomic mass is 32.1. The van der Waals surface area contributed by atoms with E-state index in [9.17, 15) is 18.0 Å². The molecule has 1 heterocycles. The van der Waals surface area contributed by atoms with Gasteiger partial charge in [-0.3, -0.25) is 0 Å². The number of carbonyl (C=O) groups is 1. The van der Waals surface area contributed by atoms with Gasteiger partial charge in [-0.25, -0.2) is 9.78 Å². The van der Waals surface area contributed by atoms with Gasteiger partial charge in [0.05, 0.1) is 13.5 Å². The monoisotopic (exact) mass is 239 g/mol. The Morgan fingerprint density at radius 3 is 2.60 bits per heavy atom. The van der Waals surface area contributed by atoms with Crippen molar-refractivity contribution in [3.05, 3.63) is 15.6 Å². The summed E-state index contributed by atoms with van der Waals surface area (Å²) in [7, 11) is 1.16. The van der Waals surface area contributed by atoms with E-state index in [2.05, 4.69) is 9.72 Å². The number of thiazole rings is 1. The first-order valence-electron chi connectivity index (χ1n) is 3.95. The molecule has 0 aromatic carbocycles. The molecule has 84 valence electrons. The van der Waals surface area contributed by atoms with E-state index in [-0.39, 0.29) is 10.7 Å². The third kappa shape index (κ3) is 3.19. The summed E-state index contributed by atoms with van der Waals surface area (Å²) in [4.78, 5) is 15.1. The summed E-state index contributed by atoms with van der Waals surface area (Å²) in [5, 5.41) is -0.125. The summed E-state index contributed by atoms with van der Waals surface area (Å²) in [5.41, 5.74) is -0.0400. The predicted molar refractivity (Wildman–Crippen MR) is 47.9 cm³/mol. The van der Waals surface area contributed by atoms with Crippen molar-refractivity contribution in [1.29, 1.82) is 0 Å². The molecule has 15 heavy (non-hydrogen) atoms. The second-order valence-corrected chi connectivity index (χ2v) is 4.08. The fraction of sp³-hybridized carbons (Fsp3) is 0.500. The van der Waals surface area contributed by atoms with Gasteiger partial charge in [-0.1, -0.05) is 0 Å². The predicted octanol–water partition coefficient (Wildman–Crippen LogP) is 2.34. The number of nitrogens with zero attached hydrogens (tertiary/aromatic N) is 1. The molecule has 1 aromatic rings. The van der Waals surface area contributed by atoms with Crippen molar-refractivity contribution in [1.82, 2.24) is 4.98 Å². The van der Waals surface area contributed by atoms with Crippen LogP contribution < -0.4 is 0 Å². The van der Waals surface area contributed by atoms with E-state index in [1.165, 1.54) is 6.92 Å². The van der Waals surface area contributed by atoms with Gasteiger partial charge >= 0.3 is 12.1 Å². The lowest BCUT2D eigenvalue weighted by Crippen LogP contribution is -2.11. The normalized spacial score (nSPS) is 11.5. The maximum absolute atomic E-state index is 12.0. The number of halogens is 3. The highest BCUT2D eigenvalue weighted by Crippen LogP contribution is 2.26. The number of rotatable bonds is 2. The zero-order chi connectivity index (χ0) is 11.6. The van der Waals surface area contributed by atoms with Gasteiger partial charge in [0.1, 0.15) is 5.01 Å². The number of hydrogen-bond acceptors (Lipinski definition) is 4. The Hall–Kier alpha value is -1.11. The minimum absolute atomic E-state index is 0.0400. The van der Waals surface area contributed by atoms with Crippen LogP contribution in [0, 0.1) is 6.92 Å². The minimum Gasteiger partial charge on any atom is -0.464 e. The van der Waals surface area contributed by atoms with Crippen molar-refractivity contribution in [3.63, 3.8) is 0 Å². The van der Waals surface area contributed by atoms with Gasteiger partial charge in [0.2, 0.25) is 0 Å². The molecular weight excluding hydrogens is 231 g/mol. The van der Waals surface area contributed by atoms with Crippen molar-refractivity contribution in [2.24, 2.45) is 0 Å². The molecule has 0 bridgehead atoms. The molecule has 0 amide bonds. The lowest BCUT2D eigenvalue weighted by molar-refractivity contribution is -0.127. The zero-order valence-corrected chi connectivity index (χ0v) is 8.83. The molecule has 0 unspecified atom stereocenters. The molecule has 0 N–H and O–H groups in total. The average molecular weight is 239 g/mol. The number of aryl methyl sites for hydroxylation is 1. The Labute approximate surface area is 87.9 Å². The molecule has 0 spiro atoms. The van der Waals surface area contributed by atoms with E-state index < -0.39 is 18.6 Å². The van der Waals surface area contributed by atoms with Gasteiger partial charge in [0.25, 0.3) is 0 Å². The second-order valence-electron chi connectivity index (χ2n) is 2.80. The molecule has 0 fully saturated rings. The quantitative estimate of drug-likeness (QED) is 0.743. The van der Waals surface area contributed by atoms with E-state index in [4.69, 9.17) is 0 Å². The van der Waals surface area contributed by atoms with Crippen LogP contribution in [0.15, 0.2) is 0 Å². The number of aromatic nitrogens is 1. The van der Waals surface area contributed by atoms with Crippen LogP contribution in [0.25, 0.3) is 0 Å². The SMILES string of the molecule is COC(=O)c1nc(CC(F)(F)F)sc1C. The Bertz CT molecular complexity index is 372. The molecule has 1 rings (SSSR count). The van der Waals surface area contributed by atoms with Crippen LogP contribution in [0.4, 0.5) is 13.2 Å². The zero-order valence-electron chi connectivity index (χ0n) is 8.01. The van der Waals surface area contributed by atoms with Crippen LogP contribution in [0.1, 0.15) is 20.4 Å². The van der Waals surface area contributed by atoms with Gasteiger partial charge in [-0.2, -0.15) is 13.2 Å². The first-order valence-corrected chi connectivity index (χ1v) is 4.76. The van der Waals surface area contributed by atoms with Gasteiger partial charge < -0.3 is 4.74 Å². The van der Waals surface area contributed by atoms with Crippen LogP contribution in [0.5, 0.6) is 0 Å². The molecule has 0 radical (unpaired) electrons. The lowest BCUT2D eigenvalue weighted by atomic mass is 10.4. The molecule has 0 saturated carbocycles. The molecule has 3 nitrogen and oxygen atoms in total. The van der Waals surface area contributed by atoms with Crippen LogP contribution >= 0.6 is 11.3 Å². The fourth-order valence-electron chi connectivity index (χ4n) is 0.984. The van der Waals surface area contributed by atoms with Crippen molar-refractivity contribution in [2.75, 3.05) is 7.11 Å². The van der Waals surface area contributed by atoms with Crippen molar-refractivity contribution in [3.8, 4) is 0 Å². The van der Waals surface area contributed by atoms with Crippen LogP contribution in [-0.2, 0) is 11.2 Å². The van der Waals surface area contributed by atoms with Crippen LogP contribution in [-0.4, -0.2) is 24.2 Å². The van der Waals surface area contributed by atoms with Crippen LogP contribution in [0.2, 0.25) is 0 Å². The van der Waals surface area contributed by atoms with Crippen molar-refractivity contribution in [2.45, 2.75) is 19.5 Å². The molecule has 1 aromatic heterocycles. The lowest BCUT2D eigenvalue weighted by Gasteiger charge is -2.01. The molecule has 0 atom stereocenters. The first kappa shape index (κ1) is 12.0. The van der Waals surface area contributed by atoms with Gasteiger partial charge in [0, 0.05) is 4.88 Å². The summed E-state index contributed by atoms with van der Waals surface area (Å²) < 4.78 is 40.4. The summed E-state index contributed by atoms with van der Waals surface area (Å²) in [6.07, 6.45) is -5.42. The first-order chi connectivity index (χ1) is 6.83. The van der Waals surface area contributed by atoms with Crippen LogP contribution in [0.3, 0.4) is 0 Å². The summed E-state index contributed by atoms with van der Waals surface area (Å²) >= 11 is 0.853. The summed E-state index contributed by atoms with van der Waals surface area (Å²) in [6.45, 7) is 1.53. The maximum atomic E-state index is 12.0. The molecular formula is C8H8F3NO2S. The molecule has 7 heteroatoms. The Balaban J connectivity index is 2.91. The average Bonchev–Trinajstić information content (AvgIpc) is 2.42. The Morgan fingerprint density at radius 2 is 2.13 bits per heavy atom. The van der Waals surface area contributed by atoms with E-state index >= 15 is 0 Å². The third-order valence-corrected chi connectivity index (χ3v) is 2.54. The van der Waals surface area contributed by atoms with Crippen molar-refractivity contribution >= 4 is 17.3 Å². The second kappa shape index (κ2) is 4.18. The van der Waals surface area contributed by atoms with E-state index in [1.54, 1.807) is 0 Å². The fourth-order valence-corrected chi connectivity index (χ4v) is 1.94. The maximum Gasteiger partial charge on any atom is 0.395 e. The largest absolute Gasteiger partial charge is 0.464 e. The Morgan fingerprint density at radius 1 is 1.53 bits per heavy atom. The number of hydrogen-bond donors (Lipinski definition) is 0. The topological polar surface area (TPSA) is 39.2 Å². The van der Waals surface area contributed by atoms with Crippen molar-refractivity contribution < 1.29 is 22.7 Å². The van der Waals surface area contributed by atoms with E-state index in [0.717, 1.165) is 18.4 Å². The highest BCUT2D eigenvalue weighted by molar-refractivity contribution is 7.11. The van der Waals surface area contributed by atoms with Gasteiger partial charge in [0.15, 0.2) is 5.69 Å². The molecule has 0 aliphatic carbocycles. The number of esters is 1. The number of methoxy groups -OCH3 is 1. The molecule has 0 saturated heterocycles. The standard InChI is InChI=1S/C8H8F3NO2S/c1-4-6(7(13)14-2)12-5(15-4)3-8(9,10)11/h3H2,1-2H3. The minimum atomic E-state index is -4.31. The number of alkyl halides is 3. The smallest absolute Gasteiger partial charge is 0.395 e. The molecule has 0 aliphatic heterocycles. The number of ether oxygens (including phenoxy) is 1. The molecule has 0 aliphatic rings. The van der Waals surface area contributed by atoms with E-state index in [1.807, 2.05) is 0 Å². The van der Waals surface area contributed by atoms with Gasteiger partial charge in [-0.05, 0) is 6.92 Å². The van der Waals surface area contributed by atoms with Gasteiger partial charge in [-0.15, -0.1) is 11.3 Å². The third-order valence-electron chi connectivity index (χ3n) is 1.57. The summed E-state index contributed by atoms with van der Waals surface area (Å²) in [5.74, 6) is -0.711. The Kier molecular flexibility index (Phi) is 3.33. The number of carbonyl (C=O) groups excluding carboxylic acids is 1.